The Kier molecular flexibility index (Phi) is 3.97. The first-order chi connectivity index (χ1) is 9.52. The number of ether oxygens (including phenoxy) is 1. The molecule has 1 atom stereocenters. The average Bonchev–Trinajstić information content (AvgIpc) is 2.81. The molecule has 1 aromatic rings. The number of carbonyl (C=O) groups is 2. The second-order valence-corrected chi connectivity index (χ2v) is 4.43. The Bertz CT molecular complexity index is 557. The van der Waals surface area contributed by atoms with Crippen molar-refractivity contribution in [1.29, 1.82) is 0 Å². The molecule has 1 saturated heterocycles. The minimum Gasteiger partial charge on any atom is -0.466 e. The predicted octanol–water partition coefficient (Wildman–Crippen LogP) is 1.51. The van der Waals surface area contributed by atoms with Crippen LogP contribution in [0.5, 0.6) is 0 Å². The van der Waals surface area contributed by atoms with Crippen LogP contribution in [0.1, 0.15) is 13.3 Å². The van der Waals surface area contributed by atoms with Crippen LogP contribution in [0, 0.1) is 16.0 Å². The van der Waals surface area contributed by atoms with Crippen molar-refractivity contribution in [2.75, 3.05) is 18.1 Å². The lowest BCUT2D eigenvalue weighted by Crippen LogP contribution is -2.26. The maximum absolute atomic E-state index is 11.9. The first-order valence-corrected chi connectivity index (χ1v) is 6.24. The molecular formula is C13H14N2O5. The number of rotatable bonds is 4. The molecule has 0 bridgehead atoms. The Hall–Kier alpha value is -2.44. The number of nitro benzene ring substituents is 1. The Balaban J connectivity index is 2.17. The van der Waals surface area contributed by atoms with E-state index in [9.17, 15) is 19.7 Å². The highest BCUT2D eigenvalue weighted by Crippen LogP contribution is 2.28. The van der Waals surface area contributed by atoms with Gasteiger partial charge >= 0.3 is 5.97 Å². The fraction of sp³-hybridized carbons (Fsp3) is 0.385. The zero-order valence-electron chi connectivity index (χ0n) is 10.9. The molecule has 0 aliphatic carbocycles. The van der Waals surface area contributed by atoms with Gasteiger partial charge in [0.15, 0.2) is 0 Å². The third-order valence-corrected chi connectivity index (χ3v) is 3.10. The molecule has 0 spiro atoms. The predicted molar refractivity (Wildman–Crippen MR) is 70.2 cm³/mol. The molecule has 1 aliphatic rings. The van der Waals surface area contributed by atoms with Crippen LogP contribution >= 0.6 is 0 Å². The Labute approximate surface area is 115 Å². The summed E-state index contributed by atoms with van der Waals surface area (Å²) in [6.45, 7) is 2.16. The van der Waals surface area contributed by atoms with E-state index in [1.807, 2.05) is 0 Å². The number of non-ortho nitro benzene ring substituents is 1. The summed E-state index contributed by atoms with van der Waals surface area (Å²) in [5, 5.41) is 10.7. The highest BCUT2D eigenvalue weighted by Gasteiger charge is 2.36. The van der Waals surface area contributed by atoms with Gasteiger partial charge in [-0.1, -0.05) is 6.07 Å². The normalized spacial score (nSPS) is 18.1. The maximum atomic E-state index is 11.9. The first kappa shape index (κ1) is 14.0. The Morgan fingerprint density at radius 1 is 1.55 bits per heavy atom. The van der Waals surface area contributed by atoms with Gasteiger partial charge in [-0.15, -0.1) is 0 Å². The van der Waals surface area contributed by atoms with Crippen LogP contribution in [-0.2, 0) is 14.3 Å². The number of anilines is 1. The molecule has 1 aromatic carbocycles. The van der Waals surface area contributed by atoms with Crippen LogP contribution in [0.15, 0.2) is 24.3 Å². The van der Waals surface area contributed by atoms with Crippen LogP contribution in [0.3, 0.4) is 0 Å². The first-order valence-electron chi connectivity index (χ1n) is 6.24. The summed E-state index contributed by atoms with van der Waals surface area (Å²) in [5.74, 6) is -1.15. The maximum Gasteiger partial charge on any atom is 0.311 e. The zero-order valence-corrected chi connectivity index (χ0v) is 10.9. The summed E-state index contributed by atoms with van der Waals surface area (Å²) in [4.78, 5) is 35.2. The van der Waals surface area contributed by atoms with Crippen LogP contribution < -0.4 is 4.90 Å². The van der Waals surface area contributed by atoms with Crippen molar-refractivity contribution in [2.24, 2.45) is 5.92 Å². The van der Waals surface area contributed by atoms with Gasteiger partial charge < -0.3 is 9.64 Å². The van der Waals surface area contributed by atoms with Crippen molar-refractivity contribution in [3.63, 3.8) is 0 Å². The largest absolute Gasteiger partial charge is 0.466 e. The van der Waals surface area contributed by atoms with Gasteiger partial charge in [-0.05, 0) is 13.0 Å². The van der Waals surface area contributed by atoms with E-state index in [4.69, 9.17) is 4.74 Å². The summed E-state index contributed by atoms with van der Waals surface area (Å²) in [6, 6.07) is 5.80. The van der Waals surface area contributed by atoms with Crippen LogP contribution in [0.4, 0.5) is 11.4 Å². The van der Waals surface area contributed by atoms with Gasteiger partial charge in [0.1, 0.15) is 0 Å². The lowest BCUT2D eigenvalue weighted by Gasteiger charge is -2.16. The van der Waals surface area contributed by atoms with Crippen molar-refractivity contribution in [3.05, 3.63) is 34.4 Å². The molecule has 1 unspecified atom stereocenters. The summed E-state index contributed by atoms with van der Waals surface area (Å²) in [6.07, 6.45) is 0.0710. The van der Waals surface area contributed by atoms with E-state index in [-0.39, 0.29) is 31.2 Å². The van der Waals surface area contributed by atoms with E-state index in [1.54, 1.807) is 13.0 Å². The van der Waals surface area contributed by atoms with Gasteiger partial charge in [0.2, 0.25) is 5.91 Å². The monoisotopic (exact) mass is 278 g/mol. The van der Waals surface area contributed by atoms with Crippen molar-refractivity contribution >= 4 is 23.3 Å². The average molecular weight is 278 g/mol. The number of hydrogen-bond donors (Lipinski definition) is 0. The van der Waals surface area contributed by atoms with Gasteiger partial charge in [-0.3, -0.25) is 19.7 Å². The molecule has 0 N–H and O–H groups in total. The van der Waals surface area contributed by atoms with E-state index in [0.29, 0.717) is 5.69 Å². The van der Waals surface area contributed by atoms with E-state index in [2.05, 4.69) is 0 Å². The Morgan fingerprint density at radius 2 is 2.30 bits per heavy atom. The number of esters is 1. The van der Waals surface area contributed by atoms with E-state index >= 15 is 0 Å². The van der Waals surface area contributed by atoms with Crippen molar-refractivity contribution in [1.82, 2.24) is 0 Å². The number of benzene rings is 1. The van der Waals surface area contributed by atoms with E-state index < -0.39 is 16.8 Å². The third-order valence-electron chi connectivity index (χ3n) is 3.10. The van der Waals surface area contributed by atoms with Crippen molar-refractivity contribution in [3.8, 4) is 0 Å². The fourth-order valence-corrected chi connectivity index (χ4v) is 2.15. The minimum absolute atomic E-state index is 0.0710. The topological polar surface area (TPSA) is 89.8 Å². The summed E-state index contributed by atoms with van der Waals surface area (Å²) >= 11 is 0. The lowest BCUT2D eigenvalue weighted by atomic mass is 10.1. The molecule has 106 valence electrons. The minimum atomic E-state index is -0.521. The molecule has 0 saturated carbocycles. The van der Waals surface area contributed by atoms with Crippen molar-refractivity contribution < 1.29 is 19.2 Å². The highest BCUT2D eigenvalue weighted by atomic mass is 16.6. The standard InChI is InChI=1S/C13H14N2O5/c1-2-20-13(17)9-6-12(16)14(8-9)10-4-3-5-11(7-10)15(18)19/h3-5,7,9H,2,6,8H2,1H3. The molecule has 1 aliphatic heterocycles. The number of carbonyl (C=O) groups excluding carboxylic acids is 2. The summed E-state index contributed by atoms with van der Waals surface area (Å²) in [5.41, 5.74) is 0.339. The number of amides is 1. The smallest absolute Gasteiger partial charge is 0.311 e. The summed E-state index contributed by atoms with van der Waals surface area (Å²) in [7, 11) is 0. The highest BCUT2D eigenvalue weighted by molar-refractivity contribution is 5.99. The number of nitro groups is 1. The molecule has 2 rings (SSSR count). The number of nitrogens with zero attached hydrogens (tertiary/aromatic N) is 2. The second-order valence-electron chi connectivity index (χ2n) is 4.43. The third kappa shape index (κ3) is 2.76. The van der Waals surface area contributed by atoms with Crippen LogP contribution in [0.25, 0.3) is 0 Å². The molecule has 0 radical (unpaired) electrons. The molecule has 1 heterocycles. The molecule has 1 fully saturated rings. The van der Waals surface area contributed by atoms with Gasteiger partial charge in [-0.2, -0.15) is 0 Å². The van der Waals surface area contributed by atoms with E-state index in [1.165, 1.54) is 23.1 Å². The Morgan fingerprint density at radius 3 is 2.95 bits per heavy atom. The molecule has 7 heteroatoms. The van der Waals surface area contributed by atoms with Gasteiger partial charge in [0.05, 0.1) is 23.1 Å². The molecule has 0 aromatic heterocycles. The van der Waals surface area contributed by atoms with Gasteiger partial charge in [0.25, 0.3) is 5.69 Å². The molecular weight excluding hydrogens is 264 g/mol. The SMILES string of the molecule is CCOC(=O)C1CC(=O)N(c2cccc([N+](=O)[O-])c2)C1. The molecule has 20 heavy (non-hydrogen) atoms. The molecule has 1 amide bonds. The number of hydrogen-bond acceptors (Lipinski definition) is 5. The zero-order chi connectivity index (χ0) is 14.7. The van der Waals surface area contributed by atoms with Gasteiger partial charge in [-0.25, -0.2) is 0 Å². The second kappa shape index (κ2) is 5.68. The summed E-state index contributed by atoms with van der Waals surface area (Å²) < 4.78 is 4.89. The fourth-order valence-electron chi connectivity index (χ4n) is 2.15. The van der Waals surface area contributed by atoms with E-state index in [0.717, 1.165) is 0 Å². The van der Waals surface area contributed by atoms with Crippen LogP contribution in [0.2, 0.25) is 0 Å². The molecule has 7 nitrogen and oxygen atoms in total. The van der Waals surface area contributed by atoms with Crippen LogP contribution in [-0.4, -0.2) is 30.0 Å². The quantitative estimate of drug-likeness (QED) is 0.473. The van der Waals surface area contributed by atoms with Gasteiger partial charge in [0, 0.05) is 25.1 Å². The lowest BCUT2D eigenvalue weighted by molar-refractivity contribution is -0.384. The van der Waals surface area contributed by atoms with Crippen molar-refractivity contribution in [2.45, 2.75) is 13.3 Å².